The molecule has 354 valence electrons. The second-order valence-electron chi connectivity index (χ2n) is 20.3. The Morgan fingerprint density at radius 1 is 0.766 bits per heavy atom. The summed E-state index contributed by atoms with van der Waals surface area (Å²) in [5, 5.41) is 0.534. The standard InChI is InChI=1S/C40H64N8O10P2S2Si2/c1-39(2,3)63(7,8)57-32-28-20-52-59(49,61)55-31-27(19-51-60(50,62)56-33(32)37(54-28)48-23-46-30-26(16-13-17-41)43-22-45-36(30)48)53-38(34(31)58-64(9,10)40(4,5)6)47-18-24-14-11-12-15-25-29(24)35(47)44-21-42-25/h18,21-23,27-28,31-34,37-38H,11-17,19-20,41H2,1-10H3,(H,49,61)(H,50,62)/t27-,28-,31-,32-,33-,34-,37-,38-,59?,60?/m1/s1. The summed E-state index contributed by atoms with van der Waals surface area (Å²) in [5.41, 5.74) is 10.4. The lowest BCUT2D eigenvalue weighted by atomic mass is 10.1. The molecular formula is C40H64N8O10P2S2Si2. The molecule has 4 aliphatic rings. The van der Waals surface area contributed by atoms with Crippen LogP contribution in [-0.4, -0.2) is 117 Å². The number of hydrogen-bond donors (Lipinski definition) is 3. The smallest absolute Gasteiger partial charge is 0.325 e. The van der Waals surface area contributed by atoms with Crippen molar-refractivity contribution in [3.8, 4) is 0 Å². The third kappa shape index (κ3) is 9.70. The molecule has 18 nitrogen and oxygen atoms in total. The summed E-state index contributed by atoms with van der Waals surface area (Å²) in [6, 6.07) is 0. The molecule has 7 heterocycles. The summed E-state index contributed by atoms with van der Waals surface area (Å²) in [4.78, 5) is 47.5. The number of imidazole rings is 1. The summed E-state index contributed by atoms with van der Waals surface area (Å²) in [6.07, 6.45) is 4.22. The minimum absolute atomic E-state index is 0.226. The summed E-state index contributed by atoms with van der Waals surface area (Å²) in [6.45, 7) is 12.9. The quantitative estimate of drug-likeness (QED) is 0.115. The highest BCUT2D eigenvalue weighted by atomic mass is 32.5. The van der Waals surface area contributed by atoms with Crippen LogP contribution in [0.1, 0.15) is 90.2 Å². The molecule has 0 saturated carbocycles. The number of aromatic nitrogens is 7. The van der Waals surface area contributed by atoms with Crippen molar-refractivity contribution in [3.05, 3.63) is 42.1 Å². The lowest BCUT2D eigenvalue weighted by Crippen LogP contribution is -2.50. The number of aryl methyl sites for hydroxylation is 3. The van der Waals surface area contributed by atoms with Crippen LogP contribution >= 0.6 is 13.4 Å². The van der Waals surface area contributed by atoms with Gasteiger partial charge < -0.3 is 47.5 Å². The van der Waals surface area contributed by atoms with E-state index in [2.05, 4.69) is 88.9 Å². The molecule has 24 heteroatoms. The van der Waals surface area contributed by atoms with Gasteiger partial charge >= 0.3 is 13.4 Å². The van der Waals surface area contributed by atoms with Crippen molar-refractivity contribution in [2.45, 2.75) is 165 Å². The van der Waals surface area contributed by atoms with Crippen LogP contribution in [0.2, 0.25) is 36.3 Å². The Hall–Kier alpha value is -1.54. The van der Waals surface area contributed by atoms with Crippen molar-refractivity contribution in [2.24, 2.45) is 5.73 Å². The van der Waals surface area contributed by atoms with E-state index in [0.29, 0.717) is 36.2 Å². The van der Waals surface area contributed by atoms with Crippen LogP contribution in [0.15, 0.2) is 25.2 Å². The van der Waals surface area contributed by atoms with Gasteiger partial charge in [0.1, 0.15) is 60.4 Å². The molecule has 64 heavy (non-hydrogen) atoms. The van der Waals surface area contributed by atoms with Crippen LogP contribution in [0.5, 0.6) is 0 Å². The van der Waals surface area contributed by atoms with E-state index in [1.54, 1.807) is 17.2 Å². The largest absolute Gasteiger partial charge is 0.408 e. The molecule has 0 amide bonds. The molecule has 3 saturated heterocycles. The lowest BCUT2D eigenvalue weighted by Gasteiger charge is -2.41. The first-order valence-electron chi connectivity index (χ1n) is 22.1. The van der Waals surface area contributed by atoms with Crippen molar-refractivity contribution < 1.29 is 46.2 Å². The van der Waals surface area contributed by atoms with E-state index in [0.717, 1.165) is 48.0 Å². The lowest BCUT2D eigenvalue weighted by molar-refractivity contribution is -0.0604. The van der Waals surface area contributed by atoms with Crippen molar-refractivity contribution >= 4 is 75.9 Å². The average molecular weight is 999 g/mol. The van der Waals surface area contributed by atoms with Crippen LogP contribution in [0.25, 0.3) is 22.2 Å². The molecule has 10 atom stereocenters. The Morgan fingerprint density at radius 2 is 1.36 bits per heavy atom. The second kappa shape index (κ2) is 18.1. The predicted octanol–water partition coefficient (Wildman–Crippen LogP) is 6.87. The third-order valence-corrected chi connectivity index (χ3v) is 25.9. The number of rotatable bonds is 9. The number of hydrogen-bond acceptors (Lipinski definition) is 16. The van der Waals surface area contributed by atoms with Crippen LogP contribution in [0, 0.1) is 0 Å². The number of ether oxygens (including phenoxy) is 2. The van der Waals surface area contributed by atoms with Gasteiger partial charge in [0.15, 0.2) is 34.7 Å². The fourth-order valence-electron chi connectivity index (χ4n) is 8.33. The Balaban J connectivity index is 1.20. The molecule has 4 N–H and O–H groups in total. The third-order valence-electron chi connectivity index (χ3n) is 13.8. The van der Waals surface area contributed by atoms with Gasteiger partial charge in [-0.05, 0) is 111 Å². The fraction of sp³-hybridized carbons (Fsp3) is 0.725. The molecule has 1 aliphatic carbocycles. The Kier molecular flexibility index (Phi) is 13.8. The maximum Gasteiger partial charge on any atom is 0.325 e. The van der Waals surface area contributed by atoms with E-state index in [-0.39, 0.29) is 23.3 Å². The van der Waals surface area contributed by atoms with Gasteiger partial charge in [-0.15, -0.1) is 0 Å². The highest BCUT2D eigenvalue weighted by Crippen LogP contribution is 2.56. The summed E-state index contributed by atoms with van der Waals surface area (Å²) >= 11 is 11.7. The van der Waals surface area contributed by atoms with Gasteiger partial charge in [0.2, 0.25) is 0 Å². The molecule has 2 unspecified atom stereocenters. The van der Waals surface area contributed by atoms with E-state index in [1.807, 2.05) is 4.57 Å². The Bertz CT molecular complexity index is 2450. The van der Waals surface area contributed by atoms with E-state index < -0.39 is 79.2 Å². The Labute approximate surface area is 387 Å². The molecule has 0 radical (unpaired) electrons. The first kappa shape index (κ1) is 48.9. The van der Waals surface area contributed by atoms with Crippen molar-refractivity contribution in [1.29, 1.82) is 0 Å². The average Bonchev–Trinajstić information content (AvgIpc) is 3.92. The van der Waals surface area contributed by atoms with E-state index >= 15 is 0 Å². The number of nitrogens with two attached hydrogens (primary N) is 1. The molecule has 0 spiro atoms. The normalized spacial score (nSPS) is 32.3. The molecular weight excluding hydrogens is 935 g/mol. The van der Waals surface area contributed by atoms with Crippen LogP contribution in [0.3, 0.4) is 0 Å². The van der Waals surface area contributed by atoms with Gasteiger partial charge in [0, 0.05) is 11.6 Å². The second-order valence-corrected chi connectivity index (χ2v) is 35.4. The molecule has 8 rings (SSSR count). The first-order valence-corrected chi connectivity index (χ1v) is 33.1. The maximum atomic E-state index is 12.2. The first-order chi connectivity index (χ1) is 29.9. The van der Waals surface area contributed by atoms with Gasteiger partial charge in [-0.1, -0.05) is 41.5 Å². The fourth-order valence-corrected chi connectivity index (χ4v) is 13.8. The summed E-state index contributed by atoms with van der Waals surface area (Å²) in [5.74, 6) is 0. The topological polar surface area (TPSA) is 215 Å². The van der Waals surface area contributed by atoms with E-state index in [9.17, 15) is 9.79 Å². The molecule has 4 aromatic heterocycles. The number of fused-ring (bicyclic) bond motifs is 4. The van der Waals surface area contributed by atoms with Crippen LogP contribution in [0.4, 0.5) is 0 Å². The molecule has 3 aliphatic heterocycles. The minimum atomic E-state index is -4.18. The molecule has 3 fully saturated rings. The summed E-state index contributed by atoms with van der Waals surface area (Å²) in [7, 11) is -5.22. The zero-order valence-corrected chi connectivity index (χ0v) is 43.8. The van der Waals surface area contributed by atoms with Gasteiger partial charge in [0.05, 0.1) is 30.9 Å². The highest BCUT2D eigenvalue weighted by Gasteiger charge is 2.57. The Morgan fingerprint density at radius 3 is 2.03 bits per heavy atom. The van der Waals surface area contributed by atoms with Crippen molar-refractivity contribution in [1.82, 2.24) is 34.1 Å². The van der Waals surface area contributed by atoms with Gasteiger partial charge in [-0.25, -0.2) is 24.9 Å². The van der Waals surface area contributed by atoms with Crippen molar-refractivity contribution in [3.63, 3.8) is 0 Å². The van der Waals surface area contributed by atoms with Crippen LogP contribution in [-0.2, 0) is 79.3 Å². The van der Waals surface area contributed by atoms with Gasteiger partial charge in [0.25, 0.3) is 0 Å². The summed E-state index contributed by atoms with van der Waals surface area (Å²) < 4.78 is 57.6. The maximum absolute atomic E-state index is 12.2. The molecule has 2 bridgehead atoms. The molecule has 0 aromatic carbocycles. The number of nitrogens with zero attached hydrogens (tertiary/aromatic N) is 7. The molecule has 4 aromatic rings. The predicted molar refractivity (Wildman–Crippen MR) is 253 cm³/mol. The minimum Gasteiger partial charge on any atom is -0.408 e. The van der Waals surface area contributed by atoms with Gasteiger partial charge in [-0.3, -0.25) is 13.6 Å². The van der Waals surface area contributed by atoms with E-state index in [1.165, 1.54) is 6.33 Å². The highest BCUT2D eigenvalue weighted by molar-refractivity contribution is 8.07. The van der Waals surface area contributed by atoms with Gasteiger partial charge in [-0.2, -0.15) is 0 Å². The van der Waals surface area contributed by atoms with E-state index in [4.69, 9.17) is 75.7 Å². The SMILES string of the molecule is CC(C)(C)[Si](C)(C)O[C@@H]1[C@@H]2OP(O)(=S)OC[C@H]3O[C@@H](n4cnc5c(CCCN)ncnc54)[C@H](OP(O)(=S)OC[C@H]2O[C@H]1n1cc2c4c(ncnc41)CCCC2)[C@@H]3O[Si](C)(C)C(C)(C)C. The van der Waals surface area contributed by atoms with Crippen molar-refractivity contribution in [2.75, 3.05) is 19.8 Å². The van der Waals surface area contributed by atoms with Crippen LogP contribution < -0.4 is 5.73 Å². The zero-order chi connectivity index (χ0) is 46.2. The zero-order valence-electron chi connectivity index (χ0n) is 38.4. The monoisotopic (exact) mass is 998 g/mol.